The number of aryl methyl sites for hydroxylation is 1. The topological polar surface area (TPSA) is 85.3 Å². The van der Waals surface area contributed by atoms with Gasteiger partial charge in [-0.3, -0.25) is 9.59 Å². The van der Waals surface area contributed by atoms with Gasteiger partial charge in [0.05, 0.1) is 32.9 Å². The van der Waals surface area contributed by atoms with E-state index in [-0.39, 0.29) is 17.9 Å². The number of hydrogen-bond donors (Lipinski definition) is 1. The molecule has 0 bridgehead atoms. The summed E-state index contributed by atoms with van der Waals surface area (Å²) in [5.41, 5.74) is 3.07. The van der Waals surface area contributed by atoms with Gasteiger partial charge in [0.2, 0.25) is 0 Å². The molecule has 1 N–H and O–H groups in total. The Labute approximate surface area is 210 Å². The second-order valence-electron chi connectivity index (χ2n) is 8.44. The van der Waals surface area contributed by atoms with Crippen LogP contribution in [0.2, 0.25) is 0 Å². The molecule has 0 saturated carbocycles. The van der Waals surface area contributed by atoms with Crippen molar-refractivity contribution in [2.45, 2.75) is 25.9 Å². The second kappa shape index (κ2) is 10.6. The van der Waals surface area contributed by atoms with Crippen LogP contribution in [0.3, 0.4) is 0 Å². The molecular formula is C29H29NO6. The molecule has 1 heterocycles. The minimum atomic E-state index is -0.783. The fourth-order valence-corrected chi connectivity index (χ4v) is 4.41. The first-order valence-electron chi connectivity index (χ1n) is 11.6. The number of hydrogen-bond acceptors (Lipinski definition) is 6. The molecule has 4 rings (SSSR count). The number of methoxy groups -OCH3 is 3. The Hall–Kier alpha value is -4.26. The maximum atomic E-state index is 13.3. The van der Waals surface area contributed by atoms with Gasteiger partial charge in [0.15, 0.2) is 11.5 Å². The smallest absolute Gasteiger partial charge is 0.295 e. The largest absolute Gasteiger partial charge is 0.507 e. The summed E-state index contributed by atoms with van der Waals surface area (Å²) in [4.78, 5) is 28.1. The molecule has 1 saturated heterocycles. The van der Waals surface area contributed by atoms with Gasteiger partial charge in [0.1, 0.15) is 11.5 Å². The van der Waals surface area contributed by atoms with Crippen LogP contribution < -0.4 is 14.2 Å². The van der Waals surface area contributed by atoms with Crippen molar-refractivity contribution in [3.05, 3.63) is 94.6 Å². The van der Waals surface area contributed by atoms with Crippen molar-refractivity contribution in [2.24, 2.45) is 0 Å². The van der Waals surface area contributed by atoms with Crippen LogP contribution in [0, 0.1) is 0 Å². The van der Waals surface area contributed by atoms with Crippen LogP contribution in [0.4, 0.5) is 0 Å². The first-order valence-corrected chi connectivity index (χ1v) is 11.6. The van der Waals surface area contributed by atoms with E-state index >= 15 is 0 Å². The Balaban J connectivity index is 1.82. The number of carbonyl (C=O) groups is 2. The van der Waals surface area contributed by atoms with E-state index in [2.05, 4.69) is 0 Å². The van der Waals surface area contributed by atoms with Gasteiger partial charge in [-0.15, -0.1) is 0 Å². The van der Waals surface area contributed by atoms with E-state index in [1.165, 1.54) is 12.0 Å². The van der Waals surface area contributed by atoms with Gasteiger partial charge in [-0.25, -0.2) is 0 Å². The molecule has 36 heavy (non-hydrogen) atoms. The van der Waals surface area contributed by atoms with E-state index in [1.54, 1.807) is 62.8 Å². The average molecular weight is 488 g/mol. The average Bonchev–Trinajstić information content (AvgIpc) is 3.17. The Kier molecular flexibility index (Phi) is 7.29. The van der Waals surface area contributed by atoms with Crippen LogP contribution in [0.5, 0.6) is 17.2 Å². The molecule has 1 unspecified atom stereocenters. The monoisotopic (exact) mass is 487 g/mol. The Bertz CT molecular complexity index is 1290. The summed E-state index contributed by atoms with van der Waals surface area (Å²) in [6.07, 6.45) is 0.850. The molecule has 1 amide bonds. The van der Waals surface area contributed by atoms with Crippen molar-refractivity contribution < 1.29 is 28.9 Å². The van der Waals surface area contributed by atoms with Gasteiger partial charge in [0.25, 0.3) is 11.7 Å². The Morgan fingerprint density at radius 1 is 0.833 bits per heavy atom. The van der Waals surface area contributed by atoms with Gasteiger partial charge < -0.3 is 24.2 Å². The van der Waals surface area contributed by atoms with Crippen molar-refractivity contribution in [3.63, 3.8) is 0 Å². The number of Topliss-reactive ketones (excluding diaryl/α,β-unsaturated/α-hetero) is 1. The zero-order valence-electron chi connectivity index (χ0n) is 20.8. The Morgan fingerprint density at radius 2 is 1.47 bits per heavy atom. The molecule has 0 radical (unpaired) electrons. The van der Waals surface area contributed by atoms with Crippen molar-refractivity contribution in [1.29, 1.82) is 0 Å². The van der Waals surface area contributed by atoms with Crippen LogP contribution in [-0.4, -0.2) is 43.0 Å². The van der Waals surface area contributed by atoms with Gasteiger partial charge in [-0.05, 0) is 47.4 Å². The predicted molar refractivity (Wildman–Crippen MR) is 136 cm³/mol. The van der Waals surface area contributed by atoms with E-state index in [0.717, 1.165) is 17.5 Å². The van der Waals surface area contributed by atoms with Crippen molar-refractivity contribution in [2.75, 3.05) is 21.3 Å². The maximum Gasteiger partial charge on any atom is 0.295 e. The number of benzene rings is 3. The van der Waals surface area contributed by atoms with Crippen LogP contribution in [0.15, 0.2) is 72.3 Å². The number of likely N-dealkylation sites (tertiary alicyclic amines) is 1. The number of nitrogens with zero attached hydrogens (tertiary/aromatic N) is 1. The highest BCUT2D eigenvalue weighted by Gasteiger charge is 2.46. The third-order valence-corrected chi connectivity index (χ3v) is 6.41. The lowest BCUT2D eigenvalue weighted by molar-refractivity contribution is -0.140. The molecule has 186 valence electrons. The van der Waals surface area contributed by atoms with E-state index in [4.69, 9.17) is 14.2 Å². The SMILES string of the molecule is CCc1ccc(/C(O)=C2\C(=O)C(=O)N(Cc3ccc(OC)c(OC)c3)C2c2ccc(OC)cc2)cc1. The molecule has 3 aromatic rings. The predicted octanol–water partition coefficient (Wildman–Crippen LogP) is 4.90. The molecule has 3 aromatic carbocycles. The zero-order chi connectivity index (χ0) is 25.8. The first-order chi connectivity index (χ1) is 17.4. The Morgan fingerprint density at radius 3 is 2.06 bits per heavy atom. The summed E-state index contributed by atoms with van der Waals surface area (Å²) in [6, 6.07) is 19.0. The lowest BCUT2D eigenvalue weighted by Crippen LogP contribution is -2.29. The number of amides is 1. The van der Waals surface area contributed by atoms with E-state index < -0.39 is 17.7 Å². The molecule has 1 aliphatic rings. The highest BCUT2D eigenvalue weighted by molar-refractivity contribution is 6.46. The highest BCUT2D eigenvalue weighted by Crippen LogP contribution is 2.41. The van der Waals surface area contributed by atoms with Crippen LogP contribution >= 0.6 is 0 Å². The lowest BCUT2D eigenvalue weighted by Gasteiger charge is -2.26. The fraction of sp³-hybridized carbons (Fsp3) is 0.241. The molecular weight excluding hydrogens is 458 g/mol. The second-order valence-corrected chi connectivity index (χ2v) is 8.44. The van der Waals surface area contributed by atoms with E-state index in [1.807, 2.05) is 25.1 Å². The molecule has 0 aromatic heterocycles. The van der Waals surface area contributed by atoms with Crippen molar-refractivity contribution in [1.82, 2.24) is 4.90 Å². The minimum absolute atomic E-state index is 0.0508. The quantitative estimate of drug-likeness (QED) is 0.276. The van der Waals surface area contributed by atoms with Gasteiger partial charge in [0, 0.05) is 12.1 Å². The van der Waals surface area contributed by atoms with E-state index in [0.29, 0.717) is 28.4 Å². The molecule has 1 fully saturated rings. The highest BCUT2D eigenvalue weighted by atomic mass is 16.5. The molecule has 7 nitrogen and oxygen atoms in total. The van der Waals surface area contributed by atoms with Crippen LogP contribution in [0.1, 0.15) is 35.2 Å². The third kappa shape index (κ3) is 4.64. The number of ketones is 1. The summed E-state index contributed by atoms with van der Waals surface area (Å²) in [7, 11) is 4.65. The molecule has 7 heteroatoms. The minimum Gasteiger partial charge on any atom is -0.507 e. The summed E-state index contributed by atoms with van der Waals surface area (Å²) in [6.45, 7) is 2.17. The van der Waals surface area contributed by atoms with E-state index in [9.17, 15) is 14.7 Å². The summed E-state index contributed by atoms with van der Waals surface area (Å²) in [5, 5.41) is 11.3. The number of ether oxygens (including phenoxy) is 3. The van der Waals surface area contributed by atoms with Gasteiger partial charge in [-0.1, -0.05) is 49.4 Å². The number of carbonyl (C=O) groups excluding carboxylic acids is 2. The number of aliphatic hydroxyl groups is 1. The number of rotatable bonds is 8. The summed E-state index contributed by atoms with van der Waals surface area (Å²) >= 11 is 0. The van der Waals surface area contributed by atoms with Gasteiger partial charge >= 0.3 is 0 Å². The molecule has 1 atom stereocenters. The fourth-order valence-electron chi connectivity index (χ4n) is 4.41. The third-order valence-electron chi connectivity index (χ3n) is 6.41. The lowest BCUT2D eigenvalue weighted by atomic mass is 9.94. The standard InChI is InChI=1S/C29H29NO6/c1-5-18-6-9-21(10-7-18)27(31)25-26(20-11-13-22(34-2)14-12-20)30(29(33)28(25)32)17-19-8-15-23(35-3)24(16-19)36-4/h6-16,26,31H,5,17H2,1-4H3/b27-25+. The normalized spacial score (nSPS) is 16.8. The maximum absolute atomic E-state index is 13.3. The van der Waals surface area contributed by atoms with Gasteiger partial charge in [-0.2, -0.15) is 0 Å². The first kappa shape index (κ1) is 24.9. The summed E-state index contributed by atoms with van der Waals surface area (Å²) < 4.78 is 16.0. The van der Waals surface area contributed by atoms with Crippen LogP contribution in [0.25, 0.3) is 5.76 Å². The molecule has 1 aliphatic heterocycles. The van der Waals surface area contributed by atoms with Crippen molar-refractivity contribution in [3.8, 4) is 17.2 Å². The summed E-state index contributed by atoms with van der Waals surface area (Å²) in [5.74, 6) is 0.109. The molecule has 0 spiro atoms. The van der Waals surface area contributed by atoms with Crippen molar-refractivity contribution >= 4 is 17.4 Å². The van der Waals surface area contributed by atoms with Crippen LogP contribution in [-0.2, 0) is 22.6 Å². The number of aliphatic hydroxyl groups excluding tert-OH is 1. The molecule has 0 aliphatic carbocycles. The zero-order valence-corrected chi connectivity index (χ0v) is 20.8.